The number of rotatable bonds is 3. The first-order valence-corrected chi connectivity index (χ1v) is 3.89. The minimum Gasteiger partial charge on any atom is -0.395 e. The van der Waals surface area contributed by atoms with Crippen molar-refractivity contribution >= 4 is 11.8 Å². The lowest BCUT2D eigenvalue weighted by atomic mass is 10.4. The summed E-state index contributed by atoms with van der Waals surface area (Å²) in [6.45, 7) is 1.99. The Morgan fingerprint density at radius 2 is 2.54 bits per heavy atom. The molecule has 1 rings (SSSR count). The van der Waals surface area contributed by atoms with Gasteiger partial charge >= 0.3 is 6.03 Å². The summed E-state index contributed by atoms with van der Waals surface area (Å²) in [7, 11) is 0. The number of urea groups is 1. The number of aliphatic hydroxyl groups excluding tert-OH is 1. The van der Waals surface area contributed by atoms with Gasteiger partial charge in [-0.1, -0.05) is 0 Å². The molecule has 0 aromatic carbocycles. The number of aliphatic hydroxyl groups is 1. The zero-order valence-corrected chi connectivity index (χ0v) is 7.29. The fraction of sp³-hybridized carbons (Fsp3) is 0.429. The number of hydrogen-bond acceptors (Lipinski definition) is 3. The predicted molar refractivity (Wildman–Crippen MR) is 47.4 cm³/mol. The maximum absolute atomic E-state index is 11.0. The lowest BCUT2D eigenvalue weighted by Gasteiger charge is -2.04. The van der Waals surface area contributed by atoms with Crippen LogP contribution in [0.1, 0.15) is 5.56 Å². The Morgan fingerprint density at radius 3 is 3.08 bits per heavy atom. The van der Waals surface area contributed by atoms with Crippen molar-refractivity contribution in [2.75, 3.05) is 18.5 Å². The van der Waals surface area contributed by atoms with Crippen LogP contribution < -0.4 is 10.6 Å². The Balaban J connectivity index is 2.41. The van der Waals surface area contributed by atoms with Crippen molar-refractivity contribution in [2.45, 2.75) is 6.92 Å². The third kappa shape index (κ3) is 2.75. The largest absolute Gasteiger partial charge is 0.395 e. The van der Waals surface area contributed by atoms with Gasteiger partial charge in [0.15, 0.2) is 0 Å². The van der Waals surface area contributed by atoms with Gasteiger partial charge in [0.25, 0.3) is 0 Å². The van der Waals surface area contributed by atoms with Crippen molar-refractivity contribution in [1.82, 2.24) is 15.5 Å². The van der Waals surface area contributed by atoms with Crippen molar-refractivity contribution in [3.63, 3.8) is 0 Å². The second-order valence-corrected chi connectivity index (χ2v) is 2.53. The third-order valence-electron chi connectivity index (χ3n) is 1.46. The van der Waals surface area contributed by atoms with E-state index in [9.17, 15) is 4.79 Å². The molecule has 0 unspecified atom stereocenters. The topological polar surface area (TPSA) is 90.0 Å². The number of aryl methyl sites for hydroxylation is 1. The molecule has 0 radical (unpaired) electrons. The highest BCUT2D eigenvalue weighted by Crippen LogP contribution is 2.07. The van der Waals surface area contributed by atoms with E-state index in [1.807, 2.05) is 6.92 Å². The summed E-state index contributed by atoms with van der Waals surface area (Å²) >= 11 is 0. The van der Waals surface area contributed by atoms with E-state index in [4.69, 9.17) is 5.11 Å². The Hall–Kier alpha value is -1.56. The van der Waals surface area contributed by atoms with Crippen molar-refractivity contribution in [1.29, 1.82) is 0 Å². The van der Waals surface area contributed by atoms with Gasteiger partial charge in [-0.05, 0) is 6.92 Å². The molecule has 0 atom stereocenters. The molecular formula is C7H12N4O2. The van der Waals surface area contributed by atoms with Crippen LogP contribution in [0, 0.1) is 6.92 Å². The van der Waals surface area contributed by atoms with Crippen LogP contribution in [0.25, 0.3) is 0 Å². The fourth-order valence-corrected chi connectivity index (χ4v) is 0.800. The van der Waals surface area contributed by atoms with Crippen LogP contribution >= 0.6 is 0 Å². The molecular weight excluding hydrogens is 172 g/mol. The summed E-state index contributed by atoms with van der Waals surface area (Å²) in [5.41, 5.74) is 0.860. The lowest BCUT2D eigenvalue weighted by Crippen LogP contribution is -2.31. The van der Waals surface area contributed by atoms with Gasteiger partial charge in [-0.25, -0.2) is 4.79 Å². The van der Waals surface area contributed by atoms with E-state index in [2.05, 4.69) is 20.8 Å². The predicted octanol–water partition coefficient (Wildman–Crippen LogP) is -0.168. The first kappa shape index (κ1) is 9.53. The average molecular weight is 184 g/mol. The Morgan fingerprint density at radius 1 is 1.77 bits per heavy atom. The monoisotopic (exact) mass is 184 g/mol. The van der Waals surface area contributed by atoms with Gasteiger partial charge in [0.05, 0.1) is 12.8 Å². The van der Waals surface area contributed by atoms with Crippen LogP contribution in [0.15, 0.2) is 6.20 Å². The quantitative estimate of drug-likeness (QED) is 0.525. The summed E-state index contributed by atoms with van der Waals surface area (Å²) in [6.07, 6.45) is 1.61. The molecule has 6 heteroatoms. The van der Waals surface area contributed by atoms with E-state index in [0.29, 0.717) is 5.82 Å². The number of hydrogen-bond donors (Lipinski definition) is 4. The van der Waals surface area contributed by atoms with Crippen LogP contribution in [0.5, 0.6) is 0 Å². The molecule has 0 spiro atoms. The van der Waals surface area contributed by atoms with Crippen molar-refractivity contribution < 1.29 is 9.90 Å². The molecule has 0 aliphatic heterocycles. The van der Waals surface area contributed by atoms with Gasteiger partial charge in [-0.2, -0.15) is 5.10 Å². The summed E-state index contributed by atoms with van der Waals surface area (Å²) in [4.78, 5) is 11.0. The van der Waals surface area contributed by atoms with Crippen LogP contribution in [0.2, 0.25) is 0 Å². The number of nitrogens with zero attached hydrogens (tertiary/aromatic N) is 1. The minimum atomic E-state index is -0.360. The highest BCUT2D eigenvalue weighted by molar-refractivity contribution is 5.88. The number of aromatic nitrogens is 2. The van der Waals surface area contributed by atoms with Gasteiger partial charge < -0.3 is 10.4 Å². The standard InChI is InChI=1S/C7H12N4O2/c1-5-4-9-11-6(5)10-7(13)8-2-3-12/h4,12H,2-3H2,1H3,(H3,8,9,10,11,13). The summed E-state index contributed by atoms with van der Waals surface area (Å²) in [6, 6.07) is -0.360. The summed E-state index contributed by atoms with van der Waals surface area (Å²) < 4.78 is 0. The second-order valence-electron chi connectivity index (χ2n) is 2.53. The molecule has 0 bridgehead atoms. The number of aromatic amines is 1. The van der Waals surface area contributed by atoms with E-state index in [1.165, 1.54) is 0 Å². The van der Waals surface area contributed by atoms with Crippen LogP contribution in [-0.2, 0) is 0 Å². The second kappa shape index (κ2) is 4.46. The van der Waals surface area contributed by atoms with Crippen molar-refractivity contribution in [3.8, 4) is 0 Å². The normalized spacial score (nSPS) is 9.69. The number of amides is 2. The maximum atomic E-state index is 11.0. The third-order valence-corrected chi connectivity index (χ3v) is 1.46. The molecule has 0 saturated heterocycles. The first-order chi connectivity index (χ1) is 6.24. The molecule has 0 aliphatic carbocycles. The molecule has 1 heterocycles. The summed E-state index contributed by atoms with van der Waals surface area (Å²) in [5, 5.41) is 19.8. The van der Waals surface area contributed by atoms with Gasteiger partial charge in [-0.3, -0.25) is 10.4 Å². The van der Waals surface area contributed by atoms with Crippen molar-refractivity contribution in [3.05, 3.63) is 11.8 Å². The smallest absolute Gasteiger partial charge is 0.320 e. The van der Waals surface area contributed by atoms with Crippen LogP contribution in [-0.4, -0.2) is 34.5 Å². The molecule has 1 aromatic rings. The molecule has 2 amide bonds. The maximum Gasteiger partial charge on any atom is 0.320 e. The molecule has 0 saturated carbocycles. The van der Waals surface area contributed by atoms with Gasteiger partial charge in [0.1, 0.15) is 5.82 Å². The van der Waals surface area contributed by atoms with E-state index in [0.717, 1.165) is 5.56 Å². The van der Waals surface area contributed by atoms with E-state index in [-0.39, 0.29) is 19.2 Å². The molecule has 13 heavy (non-hydrogen) atoms. The van der Waals surface area contributed by atoms with E-state index >= 15 is 0 Å². The Labute approximate surface area is 75.3 Å². The highest BCUT2D eigenvalue weighted by atomic mass is 16.3. The van der Waals surface area contributed by atoms with Gasteiger partial charge in [0, 0.05) is 12.1 Å². The Kier molecular flexibility index (Phi) is 3.27. The molecule has 72 valence electrons. The highest BCUT2D eigenvalue weighted by Gasteiger charge is 2.03. The van der Waals surface area contributed by atoms with E-state index in [1.54, 1.807) is 6.20 Å². The van der Waals surface area contributed by atoms with Gasteiger partial charge in [-0.15, -0.1) is 0 Å². The lowest BCUT2D eigenvalue weighted by molar-refractivity contribution is 0.244. The fourth-order valence-electron chi connectivity index (χ4n) is 0.800. The zero-order chi connectivity index (χ0) is 9.68. The number of H-pyrrole nitrogens is 1. The molecule has 0 aliphatic rings. The molecule has 0 fully saturated rings. The molecule has 6 nitrogen and oxygen atoms in total. The first-order valence-electron chi connectivity index (χ1n) is 3.89. The SMILES string of the molecule is Cc1cn[nH]c1NC(=O)NCCO. The van der Waals surface area contributed by atoms with Crippen LogP contribution in [0.3, 0.4) is 0 Å². The van der Waals surface area contributed by atoms with Crippen molar-refractivity contribution in [2.24, 2.45) is 0 Å². The summed E-state index contributed by atoms with van der Waals surface area (Å²) in [5.74, 6) is 0.565. The minimum absolute atomic E-state index is 0.0740. The molecule has 4 N–H and O–H groups in total. The number of carbonyl (C=O) groups is 1. The number of nitrogens with one attached hydrogen (secondary N) is 3. The number of anilines is 1. The zero-order valence-electron chi connectivity index (χ0n) is 7.29. The van der Waals surface area contributed by atoms with Gasteiger partial charge in [0.2, 0.25) is 0 Å². The number of carbonyl (C=O) groups excluding carboxylic acids is 1. The molecule has 1 aromatic heterocycles. The Bertz CT molecular complexity index is 284. The van der Waals surface area contributed by atoms with E-state index < -0.39 is 0 Å². The average Bonchev–Trinajstić information content (AvgIpc) is 2.48. The van der Waals surface area contributed by atoms with Crippen LogP contribution in [0.4, 0.5) is 10.6 Å².